The Bertz CT molecular complexity index is 830. The lowest BCUT2D eigenvalue weighted by Gasteiger charge is -2.19. The summed E-state index contributed by atoms with van der Waals surface area (Å²) in [6.45, 7) is 5.24. The van der Waals surface area contributed by atoms with E-state index in [1.165, 1.54) is 0 Å². The molecule has 1 aliphatic rings. The fraction of sp³-hybridized carbons (Fsp3) is 0.364. The van der Waals surface area contributed by atoms with E-state index in [4.69, 9.17) is 7.48 Å². The quantitative estimate of drug-likeness (QED) is 0.590. The first kappa shape index (κ1) is 14.9. The van der Waals surface area contributed by atoms with Gasteiger partial charge in [-0.25, -0.2) is 0 Å². The van der Waals surface area contributed by atoms with Crippen LogP contribution in [0.3, 0.4) is 0 Å². The molecule has 1 fully saturated rings. The van der Waals surface area contributed by atoms with Crippen LogP contribution in [0.2, 0.25) is 0 Å². The third-order valence-corrected chi connectivity index (χ3v) is 4.13. The average molecular weight is 338 g/mol. The van der Waals surface area contributed by atoms with Crippen LogP contribution in [0.4, 0.5) is 0 Å². The van der Waals surface area contributed by atoms with Crippen LogP contribution < -0.4 is 0 Å². The van der Waals surface area contributed by atoms with E-state index < -0.39 is 35.7 Å². The zero-order valence-corrected chi connectivity index (χ0v) is 14.7. The first-order valence-electron chi connectivity index (χ1n) is 9.54. The van der Waals surface area contributed by atoms with Crippen LogP contribution in [0.25, 0.3) is 0 Å². The Morgan fingerprint density at radius 3 is 2.16 bits per heavy atom. The molecule has 0 bridgehead atoms. The van der Waals surface area contributed by atoms with Gasteiger partial charge in [0.05, 0.1) is 5.89 Å². The van der Waals surface area contributed by atoms with Crippen molar-refractivity contribution in [2.24, 2.45) is 11.8 Å². The van der Waals surface area contributed by atoms with Gasteiger partial charge in [0, 0.05) is 20.6 Å². The first-order chi connectivity index (χ1) is 12.7. The van der Waals surface area contributed by atoms with Gasteiger partial charge in [0.15, 0.2) is 5.78 Å². The van der Waals surface area contributed by atoms with Gasteiger partial charge in [-0.3, -0.25) is 9.59 Å². The fourth-order valence-corrected chi connectivity index (χ4v) is 2.98. The molecule has 3 rings (SSSR count). The van der Waals surface area contributed by atoms with Crippen molar-refractivity contribution in [2.75, 3.05) is 0 Å². The predicted octanol–water partition coefficient (Wildman–Crippen LogP) is 4.63. The molecule has 3 heteroatoms. The third kappa shape index (κ3) is 4.16. The van der Waals surface area contributed by atoms with Gasteiger partial charge in [0.1, 0.15) is 5.60 Å². The predicted molar refractivity (Wildman–Crippen MR) is 97.4 cm³/mol. The Hall–Kier alpha value is -2.42. The minimum absolute atomic E-state index is 0.376. The monoisotopic (exact) mass is 338 g/mol. The summed E-state index contributed by atoms with van der Waals surface area (Å²) in [5.41, 5.74) is 0.463. The first-order valence-corrected chi connectivity index (χ1v) is 8.46. The van der Waals surface area contributed by atoms with Crippen molar-refractivity contribution in [2.45, 2.75) is 38.7 Å². The maximum atomic E-state index is 12.8. The highest BCUT2D eigenvalue weighted by Gasteiger charge is 2.57. The van der Waals surface area contributed by atoms with E-state index in [2.05, 4.69) is 0 Å². The van der Waals surface area contributed by atoms with Gasteiger partial charge in [-0.2, -0.15) is 0 Å². The molecule has 0 radical (unpaired) electrons. The second-order valence-corrected chi connectivity index (χ2v) is 7.27. The lowest BCUT2D eigenvalue weighted by molar-refractivity contribution is -0.157. The molecule has 0 aliphatic heterocycles. The van der Waals surface area contributed by atoms with Gasteiger partial charge in [0.2, 0.25) is 0 Å². The number of rotatable bonds is 5. The molecular weight excluding hydrogens is 312 g/mol. The molecule has 4 atom stereocenters. The normalized spacial score (nSPS) is 27.6. The Morgan fingerprint density at radius 1 is 1.04 bits per heavy atom. The summed E-state index contributed by atoms with van der Waals surface area (Å²) < 4.78 is 22.8. The number of esters is 1. The smallest absolute Gasteiger partial charge is 0.310 e. The van der Waals surface area contributed by atoms with Crippen molar-refractivity contribution < 1.29 is 17.1 Å². The van der Waals surface area contributed by atoms with E-state index >= 15 is 0 Å². The van der Waals surface area contributed by atoms with Crippen LogP contribution in [0.1, 0.15) is 51.7 Å². The number of carbonyl (C=O) groups is 2. The van der Waals surface area contributed by atoms with Crippen molar-refractivity contribution in [3.63, 3.8) is 0 Å². The standard InChI is InChI=1S/C22H24O3/c1-22(2,3)25-21(24)20-17(19(20)16-12-8-5-9-13-16)14-18(23)15-10-6-4-7-11-15/h4-13,17,19-20H,14H2,1-3H3/t17-,19-,20+/m0/s1/i14D,20D/t14?,17-,19-,20+. The molecule has 0 saturated heterocycles. The van der Waals surface area contributed by atoms with E-state index in [9.17, 15) is 9.59 Å². The lowest BCUT2D eigenvalue weighted by Crippen LogP contribution is -2.25. The maximum Gasteiger partial charge on any atom is 0.310 e. The second-order valence-electron chi connectivity index (χ2n) is 7.27. The van der Waals surface area contributed by atoms with Gasteiger partial charge >= 0.3 is 5.97 Å². The molecular formula is C22H24O3. The second kappa shape index (κ2) is 6.83. The summed E-state index contributed by atoms with van der Waals surface area (Å²) in [6, 6.07) is 17.8. The Morgan fingerprint density at radius 2 is 1.60 bits per heavy atom. The molecule has 3 nitrogen and oxygen atoms in total. The molecule has 2 aromatic rings. The maximum absolute atomic E-state index is 12.8. The van der Waals surface area contributed by atoms with Gasteiger partial charge in [-0.15, -0.1) is 0 Å². The molecule has 0 aromatic heterocycles. The molecule has 1 saturated carbocycles. The number of Topliss-reactive ketones (excluding diaryl/α,β-unsaturated/α-hetero) is 1. The highest BCUT2D eigenvalue weighted by atomic mass is 16.6. The van der Waals surface area contributed by atoms with Crippen LogP contribution in [-0.4, -0.2) is 17.4 Å². The molecule has 0 spiro atoms. The van der Waals surface area contributed by atoms with E-state index in [-0.39, 0.29) is 5.78 Å². The zero-order chi connectivity index (χ0) is 19.8. The number of hydrogen-bond donors (Lipinski definition) is 0. The molecule has 25 heavy (non-hydrogen) atoms. The fourth-order valence-electron chi connectivity index (χ4n) is 2.98. The number of hydrogen-bond acceptors (Lipinski definition) is 3. The van der Waals surface area contributed by atoms with Crippen LogP contribution in [0.15, 0.2) is 60.7 Å². The summed E-state index contributed by atoms with van der Waals surface area (Å²) in [5.74, 6) is -3.97. The van der Waals surface area contributed by atoms with E-state index in [0.29, 0.717) is 5.56 Å². The van der Waals surface area contributed by atoms with Gasteiger partial charge in [0.25, 0.3) is 0 Å². The zero-order valence-electron chi connectivity index (χ0n) is 16.7. The van der Waals surface area contributed by atoms with Crippen LogP contribution in [0.5, 0.6) is 0 Å². The van der Waals surface area contributed by atoms with E-state index in [1.54, 1.807) is 51.1 Å². The molecule has 1 aliphatic carbocycles. The van der Waals surface area contributed by atoms with Crippen molar-refractivity contribution in [1.29, 1.82) is 0 Å². The number of ketones is 1. The minimum Gasteiger partial charge on any atom is -0.460 e. The third-order valence-electron chi connectivity index (χ3n) is 4.13. The van der Waals surface area contributed by atoms with Crippen molar-refractivity contribution in [3.8, 4) is 0 Å². The Balaban J connectivity index is 1.93. The Labute approximate surface area is 151 Å². The number of ether oxygens (including phenoxy) is 1. The SMILES string of the molecule is [2H]C(C(=O)c1ccccc1)[C@H]1[C@H](c2ccccc2)[C@]1([2H])C(=O)OC(C)(C)C. The molecule has 0 amide bonds. The lowest BCUT2D eigenvalue weighted by atomic mass is 10.0. The van der Waals surface area contributed by atoms with Crippen LogP contribution >= 0.6 is 0 Å². The molecule has 0 heterocycles. The summed E-state index contributed by atoms with van der Waals surface area (Å²) in [7, 11) is 0. The van der Waals surface area contributed by atoms with Crippen molar-refractivity contribution in [3.05, 3.63) is 71.8 Å². The van der Waals surface area contributed by atoms with Gasteiger partial charge < -0.3 is 4.74 Å². The van der Waals surface area contributed by atoms with Gasteiger partial charge in [-0.1, -0.05) is 60.7 Å². The summed E-state index contributed by atoms with van der Waals surface area (Å²) in [6.07, 6.45) is -1.21. The number of benzene rings is 2. The topological polar surface area (TPSA) is 43.4 Å². The molecule has 130 valence electrons. The minimum atomic E-state index is -1.63. The molecule has 1 unspecified atom stereocenters. The average Bonchev–Trinajstić information content (AvgIpc) is 3.28. The summed E-state index contributed by atoms with van der Waals surface area (Å²) in [4.78, 5) is 25.6. The van der Waals surface area contributed by atoms with Crippen LogP contribution in [-0.2, 0) is 9.53 Å². The van der Waals surface area contributed by atoms with Gasteiger partial charge in [-0.05, 0) is 32.3 Å². The van der Waals surface area contributed by atoms with E-state index in [1.807, 2.05) is 30.3 Å². The van der Waals surface area contributed by atoms with Crippen LogP contribution in [0, 0.1) is 11.8 Å². The molecule has 2 aromatic carbocycles. The van der Waals surface area contributed by atoms with Crippen molar-refractivity contribution >= 4 is 11.8 Å². The Kier molecular flexibility index (Phi) is 4.07. The number of carbonyl (C=O) groups excluding carboxylic acids is 2. The highest BCUT2D eigenvalue weighted by molar-refractivity contribution is 5.97. The highest BCUT2D eigenvalue weighted by Crippen LogP contribution is 2.57. The van der Waals surface area contributed by atoms with Crippen molar-refractivity contribution in [1.82, 2.24) is 0 Å². The molecule has 0 N–H and O–H groups in total. The summed E-state index contributed by atoms with van der Waals surface area (Å²) in [5, 5.41) is 0. The summed E-state index contributed by atoms with van der Waals surface area (Å²) >= 11 is 0. The largest absolute Gasteiger partial charge is 0.460 e. The van der Waals surface area contributed by atoms with E-state index in [0.717, 1.165) is 5.56 Å².